The molecule has 2 heterocycles. The number of benzene rings is 6. The summed E-state index contributed by atoms with van der Waals surface area (Å²) in [5.41, 5.74) is 0. The Morgan fingerprint density at radius 3 is 0.955 bits per heavy atom. The molecule has 14 heteroatoms. The van der Waals surface area contributed by atoms with Gasteiger partial charge < -0.3 is 27.1 Å². The normalized spacial score (nSPS) is 14.2. The predicted molar refractivity (Wildman–Crippen MR) is 193 cm³/mol. The molecule has 0 N–H and O–H groups in total. The zero-order valence-electron chi connectivity index (χ0n) is 22.0. The van der Waals surface area contributed by atoms with E-state index in [1.807, 2.05) is 60.7 Å². The number of hydrogen-bond acceptors (Lipinski definition) is 12. The fourth-order valence-electron chi connectivity index (χ4n) is 5.25. The molecule has 6 aromatic carbocycles. The molecule has 0 atom stereocenters. The molecule has 0 fully saturated rings. The van der Waals surface area contributed by atoms with Gasteiger partial charge in [-0.2, -0.15) is 0 Å². The molecule has 0 spiro atoms. The first kappa shape index (κ1) is 29.3. The number of rotatable bonds is 4. The van der Waals surface area contributed by atoms with E-state index >= 15 is 0 Å². The minimum Gasteiger partial charge on any atom is -0.408 e. The molecule has 44 heavy (non-hydrogen) atoms. The first-order chi connectivity index (χ1) is 21.2. The van der Waals surface area contributed by atoms with Crippen molar-refractivity contribution >= 4 is 125 Å². The van der Waals surface area contributed by atoms with Crippen LogP contribution in [0.2, 0.25) is 0 Å². The van der Waals surface area contributed by atoms with Gasteiger partial charge in [-0.1, -0.05) is 0 Å². The van der Waals surface area contributed by atoms with Crippen LogP contribution in [-0.4, -0.2) is 0 Å². The van der Waals surface area contributed by atoms with Crippen molar-refractivity contribution in [3.8, 4) is 34.5 Å². The van der Waals surface area contributed by atoms with Crippen LogP contribution in [0, 0.1) is 0 Å². The molecule has 0 saturated heterocycles. The van der Waals surface area contributed by atoms with Crippen LogP contribution in [-0.2, 0) is 0 Å². The lowest BCUT2D eigenvalue weighted by molar-refractivity contribution is 0.377. The number of fused-ring (bicyclic) bond motifs is 1. The second-order valence-electron chi connectivity index (χ2n) is 9.95. The summed E-state index contributed by atoms with van der Waals surface area (Å²) in [6.07, 6.45) is 0. The maximum Gasteiger partial charge on any atom is 0.530 e. The van der Waals surface area contributed by atoms with Crippen molar-refractivity contribution in [3.63, 3.8) is 0 Å². The lowest BCUT2D eigenvalue weighted by atomic mass is 10.1. The van der Waals surface area contributed by atoms with Crippen molar-refractivity contribution in [2.24, 2.45) is 0 Å². The molecule has 0 aliphatic carbocycles. The summed E-state index contributed by atoms with van der Waals surface area (Å²) in [5, 5.41) is 4.91. The SMILES string of the molecule is Sc1cc(OP2Oc3cc(S)cc4cc(S)cc(c34)O2)c2c(OP3Oc4cc(S)cc5cc(S)cc(c45)O3)cc(S)cc2c1. The summed E-state index contributed by atoms with van der Waals surface area (Å²) in [7, 11) is -3.85. The van der Waals surface area contributed by atoms with E-state index in [-0.39, 0.29) is 0 Å². The van der Waals surface area contributed by atoms with E-state index in [1.165, 1.54) is 0 Å². The Labute approximate surface area is 287 Å². The Balaban J connectivity index is 1.17. The standard InChI is InChI=1S/C30H18O6P2S6/c39-16-1-13-2-17(40)8-23-28(13)22(7-16)31-37(32-23)35-26-11-20(43)5-15-6-21(44)12-27(30(15)26)36-38-33-24-9-18(41)3-14-4-19(42)10-25(34-38)29(14)24/h1-12,39-44H. The topological polar surface area (TPSA) is 55.4 Å². The molecule has 0 unspecified atom stereocenters. The van der Waals surface area contributed by atoms with Crippen LogP contribution in [0.4, 0.5) is 0 Å². The highest BCUT2D eigenvalue weighted by molar-refractivity contribution is 7.81. The molecule has 0 amide bonds. The first-order valence-corrected chi connectivity index (χ1v) is 17.7. The van der Waals surface area contributed by atoms with E-state index in [1.54, 1.807) is 12.1 Å². The predicted octanol–water partition coefficient (Wildman–Crippen LogP) is 11.0. The molecule has 6 aromatic rings. The molecule has 6 nitrogen and oxygen atoms in total. The Morgan fingerprint density at radius 2 is 0.636 bits per heavy atom. The van der Waals surface area contributed by atoms with Crippen molar-refractivity contribution in [1.29, 1.82) is 0 Å². The molecular formula is C30H18O6P2S6. The minimum atomic E-state index is -1.93. The molecule has 0 aromatic heterocycles. The van der Waals surface area contributed by atoms with Gasteiger partial charge in [0.1, 0.15) is 34.5 Å². The third-order valence-corrected chi connectivity index (χ3v) is 10.5. The van der Waals surface area contributed by atoms with E-state index < -0.39 is 17.2 Å². The van der Waals surface area contributed by atoms with Crippen LogP contribution in [0.15, 0.2) is 102 Å². The minimum absolute atomic E-state index is 0.440. The van der Waals surface area contributed by atoms with E-state index in [9.17, 15) is 0 Å². The van der Waals surface area contributed by atoms with Gasteiger partial charge in [0.05, 0.1) is 16.2 Å². The molecule has 2 aliphatic rings. The summed E-state index contributed by atoms with van der Waals surface area (Å²) >= 11 is 27.5. The lowest BCUT2D eigenvalue weighted by Gasteiger charge is -2.27. The summed E-state index contributed by atoms with van der Waals surface area (Å²) in [5.74, 6) is 3.33. The summed E-state index contributed by atoms with van der Waals surface area (Å²) in [6.45, 7) is 0. The average Bonchev–Trinajstić information content (AvgIpc) is 2.91. The van der Waals surface area contributed by atoms with Gasteiger partial charge in [0.2, 0.25) is 0 Å². The van der Waals surface area contributed by atoms with Crippen LogP contribution < -0.4 is 27.1 Å². The van der Waals surface area contributed by atoms with Gasteiger partial charge >= 0.3 is 17.2 Å². The fraction of sp³-hybridized carbons (Fsp3) is 0. The molecular weight excluding hydrogens is 711 g/mol. The molecule has 0 radical (unpaired) electrons. The summed E-state index contributed by atoms with van der Waals surface area (Å²) < 4.78 is 37.8. The third kappa shape index (κ3) is 5.37. The highest BCUT2D eigenvalue weighted by Gasteiger charge is 2.32. The Hall–Kier alpha value is -2.14. The second-order valence-corrected chi connectivity index (χ2v) is 15.0. The average molecular weight is 729 g/mol. The van der Waals surface area contributed by atoms with Gasteiger partial charge in [0.15, 0.2) is 0 Å². The molecule has 2 aliphatic heterocycles. The van der Waals surface area contributed by atoms with Crippen LogP contribution in [0.3, 0.4) is 0 Å². The summed E-state index contributed by atoms with van der Waals surface area (Å²) in [6, 6.07) is 22.5. The van der Waals surface area contributed by atoms with Crippen LogP contribution in [0.1, 0.15) is 0 Å². The highest BCUT2D eigenvalue weighted by Crippen LogP contribution is 2.57. The quantitative estimate of drug-likeness (QED) is 0.0803. The maximum atomic E-state index is 6.44. The van der Waals surface area contributed by atoms with E-state index in [0.29, 0.717) is 49.7 Å². The first-order valence-electron chi connectivity index (χ1n) is 12.8. The van der Waals surface area contributed by atoms with Gasteiger partial charge in [-0.3, -0.25) is 0 Å². The van der Waals surface area contributed by atoms with E-state index in [2.05, 4.69) is 75.8 Å². The second kappa shape index (κ2) is 11.3. The van der Waals surface area contributed by atoms with Gasteiger partial charge in [-0.05, 0) is 89.0 Å². The molecule has 0 bridgehead atoms. The van der Waals surface area contributed by atoms with Gasteiger partial charge in [-0.25, -0.2) is 0 Å². The van der Waals surface area contributed by atoms with Gasteiger partial charge in [0, 0.05) is 29.4 Å². The van der Waals surface area contributed by atoms with Crippen molar-refractivity contribution in [2.45, 2.75) is 29.4 Å². The van der Waals surface area contributed by atoms with E-state index in [0.717, 1.165) is 46.5 Å². The van der Waals surface area contributed by atoms with Crippen LogP contribution in [0.5, 0.6) is 34.5 Å². The number of thiol groups is 6. The van der Waals surface area contributed by atoms with Gasteiger partial charge in [-0.15, -0.1) is 75.8 Å². The third-order valence-electron chi connectivity index (χ3n) is 6.88. The van der Waals surface area contributed by atoms with E-state index in [4.69, 9.17) is 27.1 Å². The monoisotopic (exact) mass is 728 g/mol. The zero-order chi connectivity index (χ0) is 30.3. The Bertz CT molecular complexity index is 1960. The van der Waals surface area contributed by atoms with Crippen molar-refractivity contribution in [3.05, 3.63) is 72.8 Å². The fourth-order valence-corrected chi connectivity index (χ4v) is 8.84. The molecule has 0 saturated carbocycles. The smallest absolute Gasteiger partial charge is 0.408 e. The number of hydrogen-bond donors (Lipinski definition) is 6. The zero-order valence-corrected chi connectivity index (χ0v) is 29.1. The Morgan fingerprint density at radius 1 is 0.364 bits per heavy atom. The lowest BCUT2D eigenvalue weighted by Crippen LogP contribution is -2.09. The van der Waals surface area contributed by atoms with Crippen molar-refractivity contribution in [2.75, 3.05) is 0 Å². The van der Waals surface area contributed by atoms with Crippen molar-refractivity contribution < 1.29 is 27.1 Å². The van der Waals surface area contributed by atoms with Crippen molar-refractivity contribution in [1.82, 2.24) is 0 Å². The van der Waals surface area contributed by atoms with Crippen LogP contribution >= 0.6 is 93.0 Å². The molecule has 8 rings (SSSR count). The Kier molecular flexibility index (Phi) is 7.51. The maximum absolute atomic E-state index is 6.44. The largest absolute Gasteiger partial charge is 0.530 e. The molecule has 220 valence electrons. The summed E-state index contributed by atoms with van der Waals surface area (Å²) in [4.78, 5) is 4.32. The highest BCUT2D eigenvalue weighted by atomic mass is 32.1. The van der Waals surface area contributed by atoms with Crippen LogP contribution in [0.25, 0.3) is 32.3 Å². The van der Waals surface area contributed by atoms with Gasteiger partial charge in [0.25, 0.3) is 0 Å².